The quantitative estimate of drug-likeness (QED) is 0.864. The van der Waals surface area contributed by atoms with E-state index in [2.05, 4.69) is 27.1 Å². The summed E-state index contributed by atoms with van der Waals surface area (Å²) in [4.78, 5) is 11.5. The molecule has 0 bridgehead atoms. The van der Waals surface area contributed by atoms with Crippen molar-refractivity contribution in [1.29, 1.82) is 0 Å². The molecule has 2 atom stereocenters. The van der Waals surface area contributed by atoms with Crippen molar-refractivity contribution < 1.29 is 0 Å². The molecule has 19 heavy (non-hydrogen) atoms. The SMILES string of the molecule is CCc1nc(N)c(C)c(NC2CCN3CCCC23)n1. The Morgan fingerprint density at radius 1 is 1.32 bits per heavy atom. The number of fused-ring (bicyclic) bond motifs is 1. The van der Waals surface area contributed by atoms with Gasteiger partial charge in [0.1, 0.15) is 17.5 Å². The number of rotatable bonds is 3. The van der Waals surface area contributed by atoms with Crippen LogP contribution in [-0.2, 0) is 6.42 Å². The summed E-state index contributed by atoms with van der Waals surface area (Å²) in [5.41, 5.74) is 6.96. The van der Waals surface area contributed by atoms with Crippen LogP contribution in [0.15, 0.2) is 0 Å². The molecular weight excluding hydrogens is 238 g/mol. The highest BCUT2D eigenvalue weighted by Crippen LogP contribution is 2.30. The minimum Gasteiger partial charge on any atom is -0.383 e. The van der Waals surface area contributed by atoms with Crippen LogP contribution in [0, 0.1) is 6.92 Å². The number of hydrogen-bond acceptors (Lipinski definition) is 5. The van der Waals surface area contributed by atoms with Gasteiger partial charge in [-0.2, -0.15) is 0 Å². The Balaban J connectivity index is 1.81. The number of hydrogen-bond donors (Lipinski definition) is 2. The van der Waals surface area contributed by atoms with Gasteiger partial charge in [0.15, 0.2) is 0 Å². The first-order valence-corrected chi connectivity index (χ1v) is 7.32. The van der Waals surface area contributed by atoms with Gasteiger partial charge in [0.05, 0.1) is 0 Å². The van der Waals surface area contributed by atoms with Crippen molar-refractivity contribution in [3.8, 4) is 0 Å². The summed E-state index contributed by atoms with van der Waals surface area (Å²) in [7, 11) is 0. The second-order valence-electron chi connectivity index (χ2n) is 5.64. The zero-order valence-electron chi connectivity index (χ0n) is 11.8. The monoisotopic (exact) mass is 261 g/mol. The smallest absolute Gasteiger partial charge is 0.135 e. The Hall–Kier alpha value is -1.36. The summed E-state index contributed by atoms with van der Waals surface area (Å²) in [5.74, 6) is 2.37. The summed E-state index contributed by atoms with van der Waals surface area (Å²) in [6.07, 6.45) is 4.65. The largest absolute Gasteiger partial charge is 0.383 e. The highest BCUT2D eigenvalue weighted by atomic mass is 15.2. The van der Waals surface area contributed by atoms with E-state index in [0.29, 0.717) is 17.9 Å². The van der Waals surface area contributed by atoms with Crippen LogP contribution in [0.3, 0.4) is 0 Å². The van der Waals surface area contributed by atoms with E-state index in [1.54, 1.807) is 0 Å². The minimum absolute atomic E-state index is 0.514. The Bertz CT molecular complexity index is 473. The molecule has 2 aliphatic heterocycles. The average molecular weight is 261 g/mol. The average Bonchev–Trinajstić information content (AvgIpc) is 2.99. The Kier molecular flexibility index (Phi) is 3.31. The van der Waals surface area contributed by atoms with Gasteiger partial charge in [-0.25, -0.2) is 9.97 Å². The zero-order valence-corrected chi connectivity index (χ0v) is 11.8. The normalized spacial score (nSPS) is 26.6. The van der Waals surface area contributed by atoms with Gasteiger partial charge in [0, 0.05) is 30.6 Å². The number of aryl methyl sites for hydroxylation is 1. The predicted molar refractivity (Wildman–Crippen MR) is 77.2 cm³/mol. The molecule has 2 saturated heterocycles. The number of nitrogens with zero attached hydrogens (tertiary/aromatic N) is 3. The zero-order chi connectivity index (χ0) is 13.4. The standard InChI is InChI=1S/C14H23N5/c1-3-12-17-13(15)9(2)14(18-12)16-10-6-8-19-7-4-5-11(10)19/h10-11H,3-8H2,1-2H3,(H3,15,16,17,18). The predicted octanol–water partition coefficient (Wildman–Crippen LogP) is 1.58. The number of nitrogens with two attached hydrogens (primary N) is 1. The maximum atomic E-state index is 5.98. The summed E-state index contributed by atoms with van der Waals surface area (Å²) in [5, 5.41) is 3.62. The molecule has 2 unspecified atom stereocenters. The third-order valence-electron chi connectivity index (χ3n) is 4.47. The lowest BCUT2D eigenvalue weighted by Gasteiger charge is -2.23. The number of aromatic nitrogens is 2. The second kappa shape index (κ2) is 4.96. The lowest BCUT2D eigenvalue weighted by Crippen LogP contribution is -2.34. The molecule has 104 valence electrons. The minimum atomic E-state index is 0.514. The topological polar surface area (TPSA) is 67.1 Å². The van der Waals surface area contributed by atoms with Crippen molar-refractivity contribution in [2.45, 2.75) is 51.6 Å². The van der Waals surface area contributed by atoms with Crippen molar-refractivity contribution in [3.63, 3.8) is 0 Å². The Morgan fingerprint density at radius 3 is 2.95 bits per heavy atom. The molecule has 5 heteroatoms. The number of anilines is 2. The van der Waals surface area contributed by atoms with Crippen LogP contribution in [0.25, 0.3) is 0 Å². The van der Waals surface area contributed by atoms with Crippen molar-refractivity contribution in [2.75, 3.05) is 24.1 Å². The highest BCUT2D eigenvalue weighted by molar-refractivity contribution is 5.55. The van der Waals surface area contributed by atoms with E-state index in [9.17, 15) is 0 Å². The van der Waals surface area contributed by atoms with Crippen LogP contribution >= 0.6 is 0 Å². The third kappa shape index (κ3) is 2.27. The number of nitrogen functional groups attached to an aromatic ring is 1. The fraction of sp³-hybridized carbons (Fsp3) is 0.714. The van der Waals surface area contributed by atoms with Crippen molar-refractivity contribution in [1.82, 2.24) is 14.9 Å². The van der Waals surface area contributed by atoms with E-state index < -0.39 is 0 Å². The molecule has 2 fully saturated rings. The molecule has 3 rings (SSSR count). The van der Waals surface area contributed by atoms with Crippen molar-refractivity contribution in [2.24, 2.45) is 0 Å². The highest BCUT2D eigenvalue weighted by Gasteiger charge is 2.37. The van der Waals surface area contributed by atoms with E-state index in [4.69, 9.17) is 5.73 Å². The van der Waals surface area contributed by atoms with Gasteiger partial charge < -0.3 is 11.1 Å². The van der Waals surface area contributed by atoms with Gasteiger partial charge in [-0.3, -0.25) is 4.90 Å². The van der Waals surface area contributed by atoms with Gasteiger partial charge in [-0.15, -0.1) is 0 Å². The molecule has 0 aliphatic carbocycles. The molecule has 0 radical (unpaired) electrons. The van der Waals surface area contributed by atoms with Crippen LogP contribution in [0.2, 0.25) is 0 Å². The molecule has 3 N–H and O–H groups in total. The van der Waals surface area contributed by atoms with Gasteiger partial charge in [-0.05, 0) is 32.7 Å². The van der Waals surface area contributed by atoms with Gasteiger partial charge in [0.2, 0.25) is 0 Å². The van der Waals surface area contributed by atoms with E-state index in [-0.39, 0.29) is 0 Å². The number of nitrogens with one attached hydrogen (secondary N) is 1. The van der Waals surface area contributed by atoms with E-state index in [1.165, 1.54) is 32.4 Å². The first kappa shape index (κ1) is 12.7. The first-order valence-electron chi connectivity index (χ1n) is 7.32. The van der Waals surface area contributed by atoms with Crippen LogP contribution in [0.4, 0.5) is 11.6 Å². The van der Waals surface area contributed by atoms with Gasteiger partial charge in [0.25, 0.3) is 0 Å². The van der Waals surface area contributed by atoms with E-state index in [0.717, 1.165) is 23.6 Å². The molecule has 3 heterocycles. The Labute approximate surface area is 114 Å². The van der Waals surface area contributed by atoms with Crippen LogP contribution < -0.4 is 11.1 Å². The molecular formula is C14H23N5. The summed E-state index contributed by atoms with van der Waals surface area (Å²) in [6, 6.07) is 1.20. The molecule has 1 aromatic rings. The van der Waals surface area contributed by atoms with Crippen LogP contribution in [-0.4, -0.2) is 40.0 Å². The summed E-state index contributed by atoms with van der Waals surface area (Å²) in [6.45, 7) is 6.52. The van der Waals surface area contributed by atoms with Crippen LogP contribution in [0.5, 0.6) is 0 Å². The lowest BCUT2D eigenvalue weighted by molar-refractivity contribution is 0.318. The Morgan fingerprint density at radius 2 is 2.16 bits per heavy atom. The molecule has 2 aliphatic rings. The molecule has 0 amide bonds. The van der Waals surface area contributed by atoms with Gasteiger partial charge >= 0.3 is 0 Å². The molecule has 0 spiro atoms. The summed E-state index contributed by atoms with van der Waals surface area (Å²) >= 11 is 0. The third-order valence-corrected chi connectivity index (χ3v) is 4.47. The van der Waals surface area contributed by atoms with Crippen LogP contribution in [0.1, 0.15) is 37.6 Å². The fourth-order valence-electron chi connectivity index (χ4n) is 3.31. The van der Waals surface area contributed by atoms with E-state index in [1.807, 2.05) is 6.92 Å². The van der Waals surface area contributed by atoms with Crippen molar-refractivity contribution in [3.05, 3.63) is 11.4 Å². The summed E-state index contributed by atoms with van der Waals surface area (Å²) < 4.78 is 0. The fourth-order valence-corrected chi connectivity index (χ4v) is 3.31. The maximum absolute atomic E-state index is 5.98. The van der Waals surface area contributed by atoms with Gasteiger partial charge in [-0.1, -0.05) is 6.92 Å². The molecule has 0 saturated carbocycles. The first-order chi connectivity index (χ1) is 9.19. The molecule has 1 aromatic heterocycles. The molecule has 0 aromatic carbocycles. The lowest BCUT2D eigenvalue weighted by atomic mass is 10.1. The van der Waals surface area contributed by atoms with E-state index >= 15 is 0 Å². The second-order valence-corrected chi connectivity index (χ2v) is 5.64. The maximum Gasteiger partial charge on any atom is 0.135 e. The van der Waals surface area contributed by atoms with Crippen molar-refractivity contribution >= 4 is 11.6 Å². The molecule has 5 nitrogen and oxygen atoms in total.